The van der Waals surface area contributed by atoms with Crippen molar-refractivity contribution < 1.29 is 37.0 Å². The van der Waals surface area contributed by atoms with Gasteiger partial charge in [0.15, 0.2) is 6.61 Å². The first-order valence-corrected chi connectivity index (χ1v) is 8.97. The van der Waals surface area contributed by atoms with Crippen LogP contribution >= 0.6 is 11.6 Å². The molecule has 1 N–H and O–H groups in total. The van der Waals surface area contributed by atoms with Crippen molar-refractivity contribution in [3.05, 3.63) is 63.5 Å². The van der Waals surface area contributed by atoms with E-state index < -0.39 is 53.5 Å². The highest BCUT2D eigenvalue weighted by molar-refractivity contribution is 6.30. The topological polar surface area (TPSA) is 109 Å². The lowest BCUT2D eigenvalue weighted by molar-refractivity contribution is -0.304. The van der Waals surface area contributed by atoms with Crippen LogP contribution in [0.5, 0.6) is 5.75 Å². The molecule has 31 heavy (non-hydrogen) atoms. The van der Waals surface area contributed by atoms with Gasteiger partial charge in [0.25, 0.3) is 5.91 Å². The van der Waals surface area contributed by atoms with E-state index >= 15 is 0 Å². The Hall–Kier alpha value is -3.53. The maximum atomic E-state index is 13.6. The van der Waals surface area contributed by atoms with Crippen molar-refractivity contribution in [1.82, 2.24) is 5.32 Å². The fourth-order valence-electron chi connectivity index (χ4n) is 2.71. The lowest BCUT2D eigenvalue weighted by Gasteiger charge is -2.13. The van der Waals surface area contributed by atoms with E-state index in [0.717, 1.165) is 6.07 Å². The van der Waals surface area contributed by atoms with Crippen molar-refractivity contribution in [2.45, 2.75) is 6.18 Å². The van der Waals surface area contributed by atoms with Crippen molar-refractivity contribution in [2.75, 3.05) is 13.2 Å². The molecule has 1 amide bonds. The van der Waals surface area contributed by atoms with Gasteiger partial charge in [0.2, 0.25) is 11.2 Å². The summed E-state index contributed by atoms with van der Waals surface area (Å²) in [6.07, 6.45) is -4.97. The summed E-state index contributed by atoms with van der Waals surface area (Å²) >= 11 is 5.77. The predicted molar refractivity (Wildman–Crippen MR) is 101 cm³/mol. The normalized spacial score (nSPS) is 11.4. The van der Waals surface area contributed by atoms with Crippen LogP contribution in [0.15, 0.2) is 51.7 Å². The average Bonchev–Trinajstić information content (AvgIpc) is 2.70. The average molecular weight is 455 g/mol. The number of halogens is 4. The van der Waals surface area contributed by atoms with E-state index in [9.17, 15) is 32.7 Å². The monoisotopic (exact) mass is 454 g/mol. The van der Waals surface area contributed by atoms with Crippen molar-refractivity contribution in [1.29, 1.82) is 0 Å². The number of alkyl halides is 3. The van der Waals surface area contributed by atoms with Gasteiger partial charge in [-0.25, -0.2) is 0 Å². The number of nitrogens with one attached hydrogen (secondary N) is 1. The molecular weight excluding hydrogens is 443 g/mol. The first kappa shape index (κ1) is 22.2. The molecule has 0 bridgehead atoms. The van der Waals surface area contributed by atoms with Gasteiger partial charge in [0.1, 0.15) is 11.3 Å². The van der Waals surface area contributed by atoms with Crippen LogP contribution in [0.4, 0.5) is 13.2 Å². The molecule has 0 fully saturated rings. The second-order valence-electron chi connectivity index (χ2n) is 6.24. The van der Waals surface area contributed by atoms with E-state index in [1.807, 2.05) is 5.32 Å². The number of carbonyl (C=O) groups is 2. The van der Waals surface area contributed by atoms with Gasteiger partial charge in [-0.3, -0.25) is 9.59 Å². The van der Waals surface area contributed by atoms with Crippen LogP contribution in [0.1, 0.15) is 5.76 Å². The number of hydrogen-bond acceptors (Lipinski definition) is 6. The van der Waals surface area contributed by atoms with Gasteiger partial charge in [-0.15, -0.1) is 0 Å². The highest BCUT2D eigenvalue weighted by Gasteiger charge is 2.39. The number of amides is 1. The molecule has 0 saturated heterocycles. The Morgan fingerprint density at radius 2 is 1.81 bits per heavy atom. The van der Waals surface area contributed by atoms with Crippen LogP contribution in [0, 0.1) is 0 Å². The van der Waals surface area contributed by atoms with E-state index in [-0.39, 0.29) is 21.7 Å². The Labute approximate surface area is 177 Å². The summed E-state index contributed by atoms with van der Waals surface area (Å²) in [5.41, 5.74) is -1.99. The zero-order valence-corrected chi connectivity index (χ0v) is 16.2. The molecule has 0 radical (unpaired) electrons. The number of hydrogen-bond donors (Lipinski definition) is 1. The Kier molecular flexibility index (Phi) is 6.21. The van der Waals surface area contributed by atoms with E-state index in [0.29, 0.717) is 0 Å². The first-order valence-electron chi connectivity index (χ1n) is 8.59. The molecule has 0 aliphatic carbocycles. The van der Waals surface area contributed by atoms with Gasteiger partial charge in [0.05, 0.1) is 23.5 Å². The van der Waals surface area contributed by atoms with Crippen molar-refractivity contribution >= 4 is 34.4 Å². The minimum Gasteiger partial charge on any atom is -0.548 e. The number of carboxylic acid groups (broad SMARTS) is 1. The lowest BCUT2D eigenvalue weighted by Crippen LogP contribution is -2.39. The van der Waals surface area contributed by atoms with Gasteiger partial charge in [-0.2, -0.15) is 13.2 Å². The number of rotatable bonds is 6. The fraction of sp³-hybridized carbons (Fsp3) is 0.150. The van der Waals surface area contributed by atoms with Crippen LogP contribution in [0.25, 0.3) is 22.1 Å². The highest BCUT2D eigenvalue weighted by atomic mass is 35.5. The third-order valence-corrected chi connectivity index (χ3v) is 4.31. The molecule has 0 unspecified atom stereocenters. The van der Waals surface area contributed by atoms with Crippen LogP contribution in [-0.4, -0.2) is 25.0 Å². The molecule has 2 aromatic carbocycles. The highest BCUT2D eigenvalue weighted by Crippen LogP contribution is 2.38. The minimum atomic E-state index is -4.97. The molecule has 0 spiro atoms. The Balaban J connectivity index is 2.01. The zero-order chi connectivity index (χ0) is 22.8. The summed E-state index contributed by atoms with van der Waals surface area (Å²) in [6, 6.07) is 8.76. The summed E-state index contributed by atoms with van der Waals surface area (Å²) in [4.78, 5) is 34.6. The van der Waals surface area contributed by atoms with Crippen molar-refractivity contribution in [3.63, 3.8) is 0 Å². The summed E-state index contributed by atoms with van der Waals surface area (Å²) in [6.45, 7) is -1.34. The Morgan fingerprint density at radius 3 is 2.42 bits per heavy atom. The van der Waals surface area contributed by atoms with Crippen LogP contribution < -0.4 is 20.6 Å². The van der Waals surface area contributed by atoms with Gasteiger partial charge in [-0.05, 0) is 29.8 Å². The van der Waals surface area contributed by atoms with Crippen molar-refractivity contribution in [2.24, 2.45) is 0 Å². The summed E-state index contributed by atoms with van der Waals surface area (Å²) < 4.78 is 51.0. The fourth-order valence-corrected chi connectivity index (χ4v) is 2.84. The van der Waals surface area contributed by atoms with Gasteiger partial charge < -0.3 is 24.4 Å². The van der Waals surface area contributed by atoms with Gasteiger partial charge >= 0.3 is 6.18 Å². The molecule has 3 aromatic rings. The molecule has 7 nitrogen and oxygen atoms in total. The number of benzene rings is 2. The molecule has 1 heterocycles. The molecular formula is C20H12ClF3NO6-. The first-order chi connectivity index (χ1) is 14.6. The van der Waals surface area contributed by atoms with Crippen LogP contribution in [-0.2, 0) is 15.8 Å². The number of ether oxygens (including phenoxy) is 1. The van der Waals surface area contributed by atoms with E-state index in [2.05, 4.69) is 0 Å². The number of aliphatic carboxylic acids is 1. The van der Waals surface area contributed by atoms with Gasteiger partial charge in [0, 0.05) is 11.1 Å². The van der Waals surface area contributed by atoms with Crippen molar-refractivity contribution in [3.8, 4) is 16.9 Å². The second kappa shape index (κ2) is 8.68. The largest absolute Gasteiger partial charge is 0.548 e. The molecule has 1 aromatic heterocycles. The van der Waals surface area contributed by atoms with Crippen LogP contribution in [0.3, 0.4) is 0 Å². The second-order valence-corrected chi connectivity index (χ2v) is 6.67. The Bertz CT molecular complexity index is 1200. The molecule has 0 aliphatic heterocycles. The third kappa shape index (κ3) is 5.15. The Morgan fingerprint density at radius 1 is 1.13 bits per heavy atom. The molecule has 11 heteroatoms. The standard InChI is InChI=1S/C20H13ClF3NO6/c21-11-3-1-10(2-4-11)17-18(29)13-6-5-12(30-9-15(26)25-8-16(27)28)7-14(13)31-19(17)20(22,23)24/h1-7H,8-9H2,(H,25,26)(H,27,28)/p-1. The van der Waals surface area contributed by atoms with E-state index in [1.165, 1.54) is 36.4 Å². The molecule has 0 saturated carbocycles. The zero-order valence-electron chi connectivity index (χ0n) is 15.4. The summed E-state index contributed by atoms with van der Waals surface area (Å²) in [5.74, 6) is -3.85. The smallest absolute Gasteiger partial charge is 0.450 e. The maximum absolute atomic E-state index is 13.6. The lowest BCUT2D eigenvalue weighted by atomic mass is 10.0. The number of carboxylic acids is 1. The van der Waals surface area contributed by atoms with E-state index in [4.69, 9.17) is 20.8 Å². The minimum absolute atomic E-state index is 0.0164. The van der Waals surface area contributed by atoms with E-state index in [1.54, 1.807) is 0 Å². The van der Waals surface area contributed by atoms with Gasteiger partial charge in [-0.1, -0.05) is 23.7 Å². The summed E-state index contributed by atoms with van der Waals surface area (Å²) in [7, 11) is 0. The molecule has 0 aliphatic rings. The summed E-state index contributed by atoms with van der Waals surface area (Å²) in [5, 5.41) is 12.5. The maximum Gasteiger partial charge on any atom is 0.450 e. The third-order valence-electron chi connectivity index (χ3n) is 4.05. The quantitative estimate of drug-likeness (QED) is 0.612. The SMILES string of the molecule is O=C([O-])CNC(=O)COc1ccc2c(=O)c(-c3ccc(Cl)cc3)c(C(F)(F)F)oc2c1. The number of carbonyl (C=O) groups excluding carboxylic acids is 2. The number of fused-ring (bicyclic) bond motifs is 1. The molecule has 162 valence electrons. The predicted octanol–water partition coefficient (Wildman–Crippen LogP) is 2.38. The molecule has 0 atom stereocenters. The molecule has 3 rings (SSSR count). The van der Waals surface area contributed by atoms with Crippen LogP contribution in [0.2, 0.25) is 5.02 Å².